The van der Waals surface area contributed by atoms with Crippen molar-refractivity contribution in [2.45, 2.75) is 32.0 Å². The molecule has 7 nitrogen and oxygen atoms in total. The van der Waals surface area contributed by atoms with Crippen molar-refractivity contribution in [3.63, 3.8) is 0 Å². The molecule has 0 saturated carbocycles. The first-order valence-electron chi connectivity index (χ1n) is 6.36. The summed E-state index contributed by atoms with van der Waals surface area (Å²) in [5, 5.41) is 5.08. The van der Waals surface area contributed by atoms with E-state index in [9.17, 15) is 14.4 Å². The van der Waals surface area contributed by atoms with E-state index in [2.05, 4.69) is 17.2 Å². The van der Waals surface area contributed by atoms with E-state index in [1.807, 2.05) is 6.92 Å². The predicted molar refractivity (Wildman–Crippen MR) is 72.9 cm³/mol. The molecular formula is C13H22N2O5. The molecule has 0 aliphatic carbocycles. The second-order valence-corrected chi connectivity index (χ2v) is 4.00. The van der Waals surface area contributed by atoms with Gasteiger partial charge in [0.05, 0.1) is 12.6 Å². The van der Waals surface area contributed by atoms with Gasteiger partial charge in [0.2, 0.25) is 6.41 Å². The Bertz CT molecular complexity index is 333. The maximum Gasteiger partial charge on any atom is 0.320 e. The highest BCUT2D eigenvalue weighted by atomic mass is 16.5. The molecule has 7 heteroatoms. The van der Waals surface area contributed by atoms with E-state index in [0.717, 1.165) is 6.42 Å². The molecule has 0 aromatic rings. The SMILES string of the molecule is C=CCOC(=O)CNC(OC)C(=O)C(CCC)NC=O. The number of nitrogens with one attached hydrogen (secondary N) is 2. The average Bonchev–Trinajstić information content (AvgIpc) is 2.45. The van der Waals surface area contributed by atoms with Crippen molar-refractivity contribution in [2.75, 3.05) is 20.3 Å². The number of Topliss-reactive ketones (excluding diaryl/α,β-unsaturated/α-hetero) is 1. The number of ether oxygens (including phenoxy) is 2. The Hall–Kier alpha value is -1.73. The standard InChI is InChI=1S/C13H22N2O5/c1-4-6-10(15-9-16)12(18)13(19-3)14-8-11(17)20-7-5-2/h5,9-10,13-14H,2,4,6-8H2,1,3H3,(H,15,16). The lowest BCUT2D eigenvalue weighted by Crippen LogP contribution is -2.50. The van der Waals surface area contributed by atoms with Crippen LogP contribution in [-0.2, 0) is 23.9 Å². The van der Waals surface area contributed by atoms with E-state index in [0.29, 0.717) is 12.8 Å². The first-order chi connectivity index (χ1) is 9.60. The highest BCUT2D eigenvalue weighted by molar-refractivity contribution is 5.89. The van der Waals surface area contributed by atoms with Gasteiger partial charge < -0.3 is 14.8 Å². The monoisotopic (exact) mass is 286 g/mol. The van der Waals surface area contributed by atoms with Gasteiger partial charge in [-0.25, -0.2) is 0 Å². The number of carbonyl (C=O) groups excluding carboxylic acids is 3. The molecule has 0 fully saturated rings. The van der Waals surface area contributed by atoms with Crippen LogP contribution in [0.4, 0.5) is 0 Å². The van der Waals surface area contributed by atoms with E-state index in [1.54, 1.807) is 0 Å². The van der Waals surface area contributed by atoms with Crippen molar-refractivity contribution in [2.24, 2.45) is 0 Å². The zero-order chi connectivity index (χ0) is 15.4. The molecule has 0 aliphatic rings. The second-order valence-electron chi connectivity index (χ2n) is 4.00. The topological polar surface area (TPSA) is 93.7 Å². The normalized spacial score (nSPS) is 13.1. The van der Waals surface area contributed by atoms with Gasteiger partial charge in [0.15, 0.2) is 12.0 Å². The number of carbonyl (C=O) groups is 3. The molecule has 0 heterocycles. The molecule has 0 bridgehead atoms. The second kappa shape index (κ2) is 11.1. The lowest BCUT2D eigenvalue weighted by molar-refractivity contribution is -0.143. The Morgan fingerprint density at radius 2 is 2.10 bits per heavy atom. The quantitative estimate of drug-likeness (QED) is 0.223. The highest BCUT2D eigenvalue weighted by Crippen LogP contribution is 2.02. The summed E-state index contributed by atoms with van der Waals surface area (Å²) in [6.07, 6.45) is 2.18. The molecule has 0 spiro atoms. The smallest absolute Gasteiger partial charge is 0.320 e. The van der Waals surface area contributed by atoms with Gasteiger partial charge in [-0.15, -0.1) is 0 Å². The van der Waals surface area contributed by atoms with Gasteiger partial charge in [-0.05, 0) is 6.42 Å². The number of methoxy groups -OCH3 is 1. The summed E-state index contributed by atoms with van der Waals surface area (Å²) in [6, 6.07) is -0.640. The molecule has 20 heavy (non-hydrogen) atoms. The molecule has 0 rings (SSSR count). The summed E-state index contributed by atoms with van der Waals surface area (Å²) in [6.45, 7) is 5.26. The maximum absolute atomic E-state index is 12.1. The Kier molecular flexibility index (Phi) is 10.2. The summed E-state index contributed by atoms with van der Waals surface area (Å²) >= 11 is 0. The number of amides is 1. The number of rotatable bonds is 12. The molecule has 2 atom stereocenters. The number of esters is 1. The fraction of sp³-hybridized carbons (Fsp3) is 0.615. The largest absolute Gasteiger partial charge is 0.461 e. The highest BCUT2D eigenvalue weighted by Gasteiger charge is 2.26. The van der Waals surface area contributed by atoms with Gasteiger partial charge in [0.1, 0.15) is 6.61 Å². The number of ketones is 1. The first kappa shape index (κ1) is 18.3. The fourth-order valence-corrected chi connectivity index (χ4v) is 1.54. The first-order valence-corrected chi connectivity index (χ1v) is 6.36. The Morgan fingerprint density at radius 1 is 1.40 bits per heavy atom. The van der Waals surface area contributed by atoms with E-state index >= 15 is 0 Å². The van der Waals surface area contributed by atoms with Crippen LogP contribution in [0.15, 0.2) is 12.7 Å². The van der Waals surface area contributed by atoms with Crippen molar-refractivity contribution in [3.05, 3.63) is 12.7 Å². The predicted octanol–water partition coefficient (Wildman–Crippen LogP) is -0.238. The third kappa shape index (κ3) is 7.01. The van der Waals surface area contributed by atoms with Crippen LogP contribution in [0.3, 0.4) is 0 Å². The van der Waals surface area contributed by atoms with Crippen LogP contribution in [0.25, 0.3) is 0 Å². The van der Waals surface area contributed by atoms with Crippen LogP contribution in [0.1, 0.15) is 19.8 Å². The molecule has 2 unspecified atom stereocenters. The molecule has 0 aromatic heterocycles. The molecule has 0 saturated heterocycles. The minimum absolute atomic E-state index is 0.108. The molecular weight excluding hydrogens is 264 g/mol. The van der Waals surface area contributed by atoms with Gasteiger partial charge in [-0.3, -0.25) is 19.7 Å². The van der Waals surface area contributed by atoms with Gasteiger partial charge in [0, 0.05) is 7.11 Å². The van der Waals surface area contributed by atoms with Gasteiger partial charge in [0.25, 0.3) is 0 Å². The van der Waals surface area contributed by atoms with Gasteiger partial charge >= 0.3 is 5.97 Å². The van der Waals surface area contributed by atoms with E-state index in [-0.39, 0.29) is 18.9 Å². The molecule has 0 aliphatic heterocycles. The molecule has 0 aromatic carbocycles. The Balaban J connectivity index is 4.40. The van der Waals surface area contributed by atoms with Gasteiger partial charge in [-0.2, -0.15) is 0 Å². The summed E-state index contributed by atoms with van der Waals surface area (Å²) < 4.78 is 9.76. The summed E-state index contributed by atoms with van der Waals surface area (Å²) in [5.74, 6) is -0.854. The lowest BCUT2D eigenvalue weighted by atomic mass is 10.1. The fourth-order valence-electron chi connectivity index (χ4n) is 1.54. The third-order valence-corrected chi connectivity index (χ3v) is 2.48. The van der Waals surface area contributed by atoms with Crippen molar-refractivity contribution in [1.29, 1.82) is 0 Å². The molecule has 114 valence electrons. The van der Waals surface area contributed by atoms with Crippen LogP contribution < -0.4 is 10.6 Å². The van der Waals surface area contributed by atoms with Crippen molar-refractivity contribution < 1.29 is 23.9 Å². The van der Waals surface area contributed by atoms with Crippen molar-refractivity contribution in [3.8, 4) is 0 Å². The average molecular weight is 286 g/mol. The van der Waals surface area contributed by atoms with E-state index < -0.39 is 18.2 Å². The van der Waals surface area contributed by atoms with Crippen LogP contribution in [-0.4, -0.2) is 50.7 Å². The van der Waals surface area contributed by atoms with Crippen LogP contribution in [0.2, 0.25) is 0 Å². The van der Waals surface area contributed by atoms with E-state index in [1.165, 1.54) is 13.2 Å². The summed E-state index contributed by atoms with van der Waals surface area (Å²) in [4.78, 5) is 33.9. The zero-order valence-corrected chi connectivity index (χ0v) is 11.9. The number of hydrogen-bond acceptors (Lipinski definition) is 6. The third-order valence-electron chi connectivity index (χ3n) is 2.48. The zero-order valence-electron chi connectivity index (χ0n) is 11.9. The van der Waals surface area contributed by atoms with E-state index in [4.69, 9.17) is 9.47 Å². The minimum Gasteiger partial charge on any atom is -0.461 e. The Morgan fingerprint density at radius 3 is 2.60 bits per heavy atom. The van der Waals surface area contributed by atoms with Gasteiger partial charge in [-0.1, -0.05) is 26.0 Å². The van der Waals surface area contributed by atoms with Crippen molar-refractivity contribution >= 4 is 18.2 Å². The van der Waals surface area contributed by atoms with Crippen LogP contribution in [0, 0.1) is 0 Å². The van der Waals surface area contributed by atoms with Crippen molar-refractivity contribution in [1.82, 2.24) is 10.6 Å². The molecule has 0 radical (unpaired) electrons. The minimum atomic E-state index is -0.977. The molecule has 2 N–H and O–H groups in total. The van der Waals surface area contributed by atoms with Crippen LogP contribution >= 0.6 is 0 Å². The van der Waals surface area contributed by atoms with Crippen LogP contribution in [0.5, 0.6) is 0 Å². The number of hydrogen-bond donors (Lipinski definition) is 2. The summed E-state index contributed by atoms with van der Waals surface area (Å²) in [7, 11) is 1.34. The lowest BCUT2D eigenvalue weighted by Gasteiger charge is -2.21. The Labute approximate surface area is 118 Å². The maximum atomic E-state index is 12.1. The molecule has 1 amide bonds. The summed E-state index contributed by atoms with van der Waals surface area (Å²) in [5.41, 5.74) is 0.